The molecule has 7 rings (SSSR count). The SMILES string of the molecule is c1ccc(-n2c3c(c4ccc5c6cnccc6n(-c6ccccc6)c5c42)CCCC3)cc1. The Kier molecular flexibility index (Phi) is 3.80. The summed E-state index contributed by atoms with van der Waals surface area (Å²) in [6, 6.07) is 28.4. The molecule has 3 aromatic carbocycles. The monoisotopic (exact) mass is 413 g/mol. The van der Waals surface area contributed by atoms with Crippen molar-refractivity contribution in [3.8, 4) is 11.4 Å². The molecule has 0 radical (unpaired) electrons. The summed E-state index contributed by atoms with van der Waals surface area (Å²) in [6.45, 7) is 0. The fraction of sp³-hybridized carbons (Fsp3) is 0.138. The van der Waals surface area contributed by atoms with Gasteiger partial charge in [0.2, 0.25) is 0 Å². The predicted octanol–water partition coefficient (Wildman–Crippen LogP) is 7.00. The van der Waals surface area contributed by atoms with Gasteiger partial charge in [-0.3, -0.25) is 4.98 Å². The van der Waals surface area contributed by atoms with Crippen molar-refractivity contribution in [3.63, 3.8) is 0 Å². The first-order valence-corrected chi connectivity index (χ1v) is 11.5. The Bertz CT molecular complexity index is 1600. The number of aromatic nitrogens is 3. The van der Waals surface area contributed by atoms with Gasteiger partial charge in [-0.1, -0.05) is 48.5 Å². The first-order valence-electron chi connectivity index (χ1n) is 11.5. The van der Waals surface area contributed by atoms with Crippen LogP contribution in [0.3, 0.4) is 0 Å². The van der Waals surface area contributed by atoms with Crippen LogP contribution in [0.5, 0.6) is 0 Å². The van der Waals surface area contributed by atoms with Crippen LogP contribution < -0.4 is 0 Å². The lowest BCUT2D eigenvalue weighted by Gasteiger charge is -2.16. The molecule has 0 fully saturated rings. The second-order valence-electron chi connectivity index (χ2n) is 8.72. The maximum absolute atomic E-state index is 4.48. The molecular weight excluding hydrogens is 390 g/mol. The Hall–Kier alpha value is -3.85. The molecular formula is C29H23N3. The molecule has 0 unspecified atom stereocenters. The second kappa shape index (κ2) is 6.83. The smallest absolute Gasteiger partial charge is 0.0789 e. The van der Waals surface area contributed by atoms with Crippen molar-refractivity contribution in [3.05, 3.63) is 103 Å². The first-order chi connectivity index (χ1) is 15.9. The van der Waals surface area contributed by atoms with Gasteiger partial charge in [0.1, 0.15) is 0 Å². The lowest BCUT2D eigenvalue weighted by molar-refractivity contribution is 0.667. The van der Waals surface area contributed by atoms with Crippen LogP contribution in [-0.2, 0) is 12.8 Å². The number of hydrogen-bond donors (Lipinski definition) is 0. The number of aryl methyl sites for hydroxylation is 1. The van der Waals surface area contributed by atoms with E-state index in [9.17, 15) is 0 Å². The van der Waals surface area contributed by atoms with Gasteiger partial charge >= 0.3 is 0 Å². The second-order valence-corrected chi connectivity index (χ2v) is 8.72. The van der Waals surface area contributed by atoms with E-state index in [0.717, 1.165) is 12.8 Å². The highest BCUT2D eigenvalue weighted by molar-refractivity contribution is 6.18. The van der Waals surface area contributed by atoms with Crippen LogP contribution in [0, 0.1) is 0 Å². The number of nitrogens with zero attached hydrogens (tertiary/aromatic N) is 3. The van der Waals surface area contributed by atoms with E-state index in [1.165, 1.54) is 68.2 Å². The zero-order chi connectivity index (χ0) is 21.1. The molecule has 154 valence electrons. The maximum atomic E-state index is 4.48. The average molecular weight is 414 g/mol. The summed E-state index contributed by atoms with van der Waals surface area (Å²) >= 11 is 0. The molecule has 3 aromatic heterocycles. The average Bonchev–Trinajstić information content (AvgIpc) is 3.38. The molecule has 6 aromatic rings. The van der Waals surface area contributed by atoms with E-state index in [0.29, 0.717) is 0 Å². The standard InChI is InChI=1S/C29H23N3/c1-3-9-20(10-4-1)31-26-14-8-7-13-22(26)23-15-16-24-25-19-30-18-17-27(25)32(29(24)28(23)31)21-11-5-2-6-12-21/h1-6,9-12,15-19H,7-8,13-14H2. The van der Waals surface area contributed by atoms with Crippen molar-refractivity contribution in [2.24, 2.45) is 0 Å². The van der Waals surface area contributed by atoms with Gasteiger partial charge < -0.3 is 9.13 Å². The van der Waals surface area contributed by atoms with E-state index in [1.54, 1.807) is 0 Å². The number of rotatable bonds is 2. The largest absolute Gasteiger partial charge is 0.311 e. The molecule has 0 amide bonds. The van der Waals surface area contributed by atoms with E-state index >= 15 is 0 Å². The molecule has 3 nitrogen and oxygen atoms in total. The Labute approximate surface area is 186 Å². The van der Waals surface area contributed by atoms with Crippen molar-refractivity contribution in [1.82, 2.24) is 14.1 Å². The molecule has 0 spiro atoms. The van der Waals surface area contributed by atoms with Crippen LogP contribution in [0.4, 0.5) is 0 Å². The number of pyridine rings is 1. The normalized spacial score (nSPS) is 13.8. The molecule has 1 aliphatic rings. The summed E-state index contributed by atoms with van der Waals surface area (Å²) in [5, 5.41) is 3.85. The summed E-state index contributed by atoms with van der Waals surface area (Å²) in [5.41, 5.74) is 9.23. The predicted molar refractivity (Wildman–Crippen MR) is 132 cm³/mol. The van der Waals surface area contributed by atoms with Gasteiger partial charge in [-0.2, -0.15) is 0 Å². The zero-order valence-corrected chi connectivity index (χ0v) is 17.8. The van der Waals surface area contributed by atoms with E-state index in [2.05, 4.69) is 93.0 Å². The lowest BCUT2D eigenvalue weighted by Crippen LogP contribution is -2.07. The van der Waals surface area contributed by atoms with E-state index in [4.69, 9.17) is 0 Å². The molecule has 3 heteroatoms. The van der Waals surface area contributed by atoms with Gasteiger partial charge in [0.05, 0.1) is 16.6 Å². The number of benzene rings is 3. The van der Waals surface area contributed by atoms with E-state index < -0.39 is 0 Å². The fourth-order valence-electron chi connectivity index (χ4n) is 5.67. The quantitative estimate of drug-likeness (QED) is 0.300. The van der Waals surface area contributed by atoms with E-state index in [-0.39, 0.29) is 0 Å². The summed E-state index contributed by atoms with van der Waals surface area (Å²) in [5.74, 6) is 0. The van der Waals surface area contributed by atoms with Crippen LogP contribution in [0.25, 0.3) is 44.1 Å². The van der Waals surface area contributed by atoms with Crippen LogP contribution >= 0.6 is 0 Å². The highest BCUT2D eigenvalue weighted by atomic mass is 15.1. The molecule has 1 aliphatic carbocycles. The third kappa shape index (κ3) is 2.39. The zero-order valence-electron chi connectivity index (χ0n) is 17.8. The summed E-state index contributed by atoms with van der Waals surface area (Å²) < 4.78 is 4.97. The molecule has 32 heavy (non-hydrogen) atoms. The minimum Gasteiger partial charge on any atom is -0.311 e. The molecule has 0 atom stereocenters. The topological polar surface area (TPSA) is 22.8 Å². The fourth-order valence-corrected chi connectivity index (χ4v) is 5.67. The molecule has 0 bridgehead atoms. The maximum Gasteiger partial charge on any atom is 0.0789 e. The third-order valence-corrected chi connectivity index (χ3v) is 6.99. The molecule has 0 saturated carbocycles. The third-order valence-electron chi connectivity index (χ3n) is 6.99. The van der Waals surface area contributed by atoms with E-state index in [1.807, 2.05) is 12.4 Å². The van der Waals surface area contributed by atoms with Crippen LogP contribution in [0.1, 0.15) is 24.1 Å². The Morgan fingerprint density at radius 3 is 2.03 bits per heavy atom. The number of fused-ring (bicyclic) bond motifs is 7. The minimum atomic E-state index is 1.13. The summed E-state index contributed by atoms with van der Waals surface area (Å²) in [6.07, 6.45) is 8.73. The van der Waals surface area contributed by atoms with Crippen LogP contribution in [0.15, 0.2) is 91.3 Å². The highest BCUT2D eigenvalue weighted by Gasteiger charge is 2.25. The van der Waals surface area contributed by atoms with Crippen LogP contribution in [-0.4, -0.2) is 14.1 Å². The summed E-state index contributed by atoms with van der Waals surface area (Å²) in [4.78, 5) is 4.48. The van der Waals surface area contributed by atoms with Gasteiger partial charge in [0.15, 0.2) is 0 Å². The summed E-state index contributed by atoms with van der Waals surface area (Å²) in [7, 11) is 0. The minimum absolute atomic E-state index is 1.13. The van der Waals surface area contributed by atoms with Gasteiger partial charge in [0.25, 0.3) is 0 Å². The number of hydrogen-bond acceptors (Lipinski definition) is 1. The Balaban J connectivity index is 1.75. The molecule has 0 saturated heterocycles. The molecule has 0 N–H and O–H groups in total. The lowest BCUT2D eigenvalue weighted by atomic mass is 9.95. The van der Waals surface area contributed by atoms with Crippen molar-refractivity contribution in [2.75, 3.05) is 0 Å². The Morgan fingerprint density at radius 2 is 1.25 bits per heavy atom. The van der Waals surface area contributed by atoms with Gasteiger partial charge in [0, 0.05) is 45.6 Å². The van der Waals surface area contributed by atoms with Crippen LogP contribution in [0.2, 0.25) is 0 Å². The molecule has 0 aliphatic heterocycles. The van der Waals surface area contributed by atoms with Crippen molar-refractivity contribution in [2.45, 2.75) is 25.7 Å². The molecule has 3 heterocycles. The Morgan fingerprint density at radius 1 is 0.594 bits per heavy atom. The highest BCUT2D eigenvalue weighted by Crippen LogP contribution is 2.42. The van der Waals surface area contributed by atoms with Gasteiger partial charge in [-0.25, -0.2) is 0 Å². The van der Waals surface area contributed by atoms with Crippen molar-refractivity contribution >= 4 is 32.7 Å². The van der Waals surface area contributed by atoms with Gasteiger partial charge in [-0.05, 0) is 61.6 Å². The van der Waals surface area contributed by atoms with Crippen molar-refractivity contribution < 1.29 is 0 Å². The van der Waals surface area contributed by atoms with Gasteiger partial charge in [-0.15, -0.1) is 0 Å². The van der Waals surface area contributed by atoms with Crippen molar-refractivity contribution in [1.29, 1.82) is 0 Å². The number of para-hydroxylation sites is 2. The first kappa shape index (κ1) is 17.8.